The van der Waals surface area contributed by atoms with Crippen LogP contribution in [0, 0.1) is 10.1 Å². The van der Waals surface area contributed by atoms with Gasteiger partial charge in [0.15, 0.2) is 0 Å². The van der Waals surface area contributed by atoms with E-state index < -0.39 is 14.9 Å². The first-order valence-electron chi connectivity index (χ1n) is 7.02. The highest BCUT2D eigenvalue weighted by Gasteiger charge is 2.27. The molecule has 0 saturated carbocycles. The minimum atomic E-state index is -3.98. The summed E-state index contributed by atoms with van der Waals surface area (Å²) in [6.07, 6.45) is 2.60. The summed E-state index contributed by atoms with van der Waals surface area (Å²) in [5.74, 6) is 0. The molecule has 0 amide bonds. The summed E-state index contributed by atoms with van der Waals surface area (Å²) < 4.78 is 28.3. The molecular weight excluding hydrogens is 310 g/mol. The molecule has 2 atom stereocenters. The van der Waals surface area contributed by atoms with Crippen LogP contribution in [0.1, 0.15) is 26.2 Å². The van der Waals surface area contributed by atoms with E-state index in [1.165, 1.54) is 12.1 Å². The van der Waals surface area contributed by atoms with Crippen molar-refractivity contribution in [2.45, 2.75) is 43.2 Å². The summed E-state index contributed by atoms with van der Waals surface area (Å²) >= 11 is 0. The minimum Gasteiger partial charge on any atom is -0.376 e. The predicted octanol–water partition coefficient (Wildman–Crippen LogP) is 1.61. The molecule has 9 heteroatoms. The maximum atomic E-state index is 11.3. The standard InChI is InChI=1S/C13H19N3O5S/c1-2-10(13-4-3-7-21-13)15-11-6-5-9(22(14,19)20)8-12(11)16(17)18/h5-6,8,10,13,15H,2-4,7H2,1H3,(H2,14,19,20). The molecule has 8 nitrogen and oxygen atoms in total. The highest BCUT2D eigenvalue weighted by Crippen LogP contribution is 2.30. The van der Waals surface area contributed by atoms with Crippen LogP contribution in [0.15, 0.2) is 23.1 Å². The van der Waals surface area contributed by atoms with Gasteiger partial charge in [-0.05, 0) is 31.4 Å². The lowest BCUT2D eigenvalue weighted by atomic mass is 10.0. The summed E-state index contributed by atoms with van der Waals surface area (Å²) in [4.78, 5) is 10.3. The number of nitrogens with zero attached hydrogens (tertiary/aromatic N) is 1. The summed E-state index contributed by atoms with van der Waals surface area (Å²) in [6, 6.07) is 3.53. The zero-order valence-electron chi connectivity index (χ0n) is 12.2. The van der Waals surface area contributed by atoms with E-state index >= 15 is 0 Å². The first kappa shape index (κ1) is 16.7. The van der Waals surface area contributed by atoms with Crippen LogP contribution in [0.25, 0.3) is 0 Å². The molecule has 0 bridgehead atoms. The molecule has 1 aromatic carbocycles. The average molecular weight is 329 g/mol. The Balaban J connectivity index is 2.31. The van der Waals surface area contributed by atoms with E-state index in [0.29, 0.717) is 6.61 Å². The van der Waals surface area contributed by atoms with Crippen molar-refractivity contribution in [3.63, 3.8) is 0 Å². The molecule has 2 rings (SSSR count). The first-order valence-corrected chi connectivity index (χ1v) is 8.57. The van der Waals surface area contributed by atoms with Crippen LogP contribution in [0.3, 0.4) is 0 Å². The van der Waals surface area contributed by atoms with Crippen molar-refractivity contribution in [1.82, 2.24) is 0 Å². The Morgan fingerprint density at radius 2 is 2.27 bits per heavy atom. The summed E-state index contributed by atoms with van der Waals surface area (Å²) in [5, 5.41) is 19.3. The van der Waals surface area contributed by atoms with Gasteiger partial charge in [-0.25, -0.2) is 13.6 Å². The second-order valence-corrected chi connectivity index (χ2v) is 6.75. The Morgan fingerprint density at radius 3 is 2.77 bits per heavy atom. The number of hydrogen-bond acceptors (Lipinski definition) is 6. The Morgan fingerprint density at radius 1 is 1.55 bits per heavy atom. The number of nitro groups is 1. The van der Waals surface area contributed by atoms with Crippen molar-refractivity contribution < 1.29 is 18.1 Å². The summed E-state index contributed by atoms with van der Waals surface area (Å²) in [7, 11) is -3.98. The third-order valence-corrected chi connectivity index (χ3v) is 4.60. The summed E-state index contributed by atoms with van der Waals surface area (Å²) in [6.45, 7) is 2.65. The third-order valence-electron chi connectivity index (χ3n) is 3.69. The number of anilines is 1. The summed E-state index contributed by atoms with van der Waals surface area (Å²) in [5.41, 5.74) is -0.0530. The van der Waals surface area contributed by atoms with Gasteiger partial charge in [-0.3, -0.25) is 10.1 Å². The number of sulfonamides is 1. The zero-order chi connectivity index (χ0) is 16.3. The van der Waals surface area contributed by atoms with Gasteiger partial charge in [-0.1, -0.05) is 6.92 Å². The van der Waals surface area contributed by atoms with E-state index in [2.05, 4.69) is 5.32 Å². The smallest absolute Gasteiger partial charge is 0.293 e. The Labute approximate surface area is 128 Å². The molecule has 2 unspecified atom stereocenters. The van der Waals surface area contributed by atoms with Gasteiger partial charge < -0.3 is 10.1 Å². The van der Waals surface area contributed by atoms with Crippen molar-refractivity contribution in [2.24, 2.45) is 5.14 Å². The molecular formula is C13H19N3O5S. The van der Waals surface area contributed by atoms with Crippen molar-refractivity contribution in [3.05, 3.63) is 28.3 Å². The van der Waals surface area contributed by atoms with Crippen LogP contribution in [-0.4, -0.2) is 32.1 Å². The number of benzene rings is 1. The number of nitrogens with one attached hydrogen (secondary N) is 1. The number of primary sulfonamides is 1. The molecule has 0 aromatic heterocycles. The van der Waals surface area contributed by atoms with Gasteiger partial charge in [-0.2, -0.15) is 0 Å². The molecule has 1 saturated heterocycles. The SMILES string of the molecule is CCC(Nc1ccc(S(N)(=O)=O)cc1[N+](=O)[O-])C1CCCO1. The maximum absolute atomic E-state index is 11.3. The minimum absolute atomic E-state index is 0.00233. The van der Waals surface area contributed by atoms with Crippen molar-refractivity contribution in [2.75, 3.05) is 11.9 Å². The molecule has 1 aliphatic rings. The third kappa shape index (κ3) is 3.73. The molecule has 1 aliphatic heterocycles. The Hall–Kier alpha value is -1.71. The van der Waals surface area contributed by atoms with E-state index in [4.69, 9.17) is 9.88 Å². The van der Waals surface area contributed by atoms with Gasteiger partial charge >= 0.3 is 0 Å². The number of nitrogens with two attached hydrogens (primary N) is 1. The van der Waals surface area contributed by atoms with E-state index in [1.54, 1.807) is 0 Å². The fourth-order valence-electron chi connectivity index (χ4n) is 2.54. The topological polar surface area (TPSA) is 125 Å². The Kier molecular flexibility index (Phi) is 4.99. The van der Waals surface area contributed by atoms with Gasteiger partial charge in [0.05, 0.1) is 22.0 Å². The van der Waals surface area contributed by atoms with Gasteiger partial charge in [0.25, 0.3) is 5.69 Å². The molecule has 1 heterocycles. The van der Waals surface area contributed by atoms with Crippen LogP contribution in [-0.2, 0) is 14.8 Å². The molecule has 0 aliphatic carbocycles. The van der Waals surface area contributed by atoms with Gasteiger partial charge in [-0.15, -0.1) is 0 Å². The molecule has 0 radical (unpaired) electrons. The number of rotatable bonds is 6. The molecule has 1 aromatic rings. The van der Waals surface area contributed by atoms with Crippen LogP contribution < -0.4 is 10.5 Å². The largest absolute Gasteiger partial charge is 0.376 e. The van der Waals surface area contributed by atoms with Crippen LogP contribution >= 0.6 is 0 Å². The molecule has 0 spiro atoms. The fourth-order valence-corrected chi connectivity index (χ4v) is 3.07. The predicted molar refractivity (Wildman–Crippen MR) is 81.1 cm³/mol. The number of ether oxygens (including phenoxy) is 1. The van der Waals surface area contributed by atoms with E-state index in [0.717, 1.165) is 25.3 Å². The lowest BCUT2D eigenvalue weighted by Gasteiger charge is -2.23. The number of nitro benzene ring substituents is 1. The fraction of sp³-hybridized carbons (Fsp3) is 0.538. The van der Waals surface area contributed by atoms with Gasteiger partial charge in [0.2, 0.25) is 10.0 Å². The van der Waals surface area contributed by atoms with E-state index in [9.17, 15) is 18.5 Å². The lowest BCUT2D eigenvalue weighted by molar-refractivity contribution is -0.384. The first-order chi connectivity index (χ1) is 10.3. The van der Waals surface area contributed by atoms with E-state index in [1.807, 2.05) is 6.92 Å². The van der Waals surface area contributed by atoms with Crippen LogP contribution in [0.2, 0.25) is 0 Å². The lowest BCUT2D eigenvalue weighted by Crippen LogP contribution is -2.32. The highest BCUT2D eigenvalue weighted by molar-refractivity contribution is 7.89. The van der Waals surface area contributed by atoms with Crippen molar-refractivity contribution >= 4 is 21.4 Å². The van der Waals surface area contributed by atoms with Crippen LogP contribution in [0.5, 0.6) is 0 Å². The monoisotopic (exact) mass is 329 g/mol. The normalized spacial score (nSPS) is 19.8. The Bertz CT molecular complexity index is 656. The molecule has 3 N–H and O–H groups in total. The van der Waals surface area contributed by atoms with Crippen LogP contribution in [0.4, 0.5) is 11.4 Å². The second kappa shape index (κ2) is 6.59. The quantitative estimate of drug-likeness (QED) is 0.603. The molecule has 1 fully saturated rings. The number of hydrogen-bond donors (Lipinski definition) is 2. The molecule has 122 valence electrons. The highest BCUT2D eigenvalue weighted by atomic mass is 32.2. The van der Waals surface area contributed by atoms with E-state index in [-0.39, 0.29) is 28.4 Å². The average Bonchev–Trinajstić information content (AvgIpc) is 2.97. The van der Waals surface area contributed by atoms with Gasteiger partial charge in [0, 0.05) is 12.7 Å². The van der Waals surface area contributed by atoms with Gasteiger partial charge in [0.1, 0.15) is 5.69 Å². The zero-order valence-corrected chi connectivity index (χ0v) is 13.0. The van der Waals surface area contributed by atoms with Crippen molar-refractivity contribution in [1.29, 1.82) is 0 Å². The second-order valence-electron chi connectivity index (χ2n) is 5.19. The van der Waals surface area contributed by atoms with Crippen molar-refractivity contribution in [3.8, 4) is 0 Å². The maximum Gasteiger partial charge on any atom is 0.293 e. The molecule has 22 heavy (non-hydrogen) atoms.